The van der Waals surface area contributed by atoms with Crippen LogP contribution in [0.1, 0.15) is 33.1 Å². The third-order valence-electron chi connectivity index (χ3n) is 7.30. The quantitative estimate of drug-likeness (QED) is 0.710. The maximum atomic E-state index is 13.3. The minimum atomic E-state index is -0.00801. The third-order valence-corrected chi connectivity index (χ3v) is 7.30. The van der Waals surface area contributed by atoms with Gasteiger partial charge in [-0.15, -0.1) is 0 Å². The average molecular weight is 458 g/mol. The molecular weight excluding hydrogens is 418 g/mol. The van der Waals surface area contributed by atoms with Crippen molar-refractivity contribution in [3.63, 3.8) is 0 Å². The van der Waals surface area contributed by atoms with Crippen LogP contribution in [0.4, 0.5) is 10.5 Å². The van der Waals surface area contributed by atoms with Gasteiger partial charge >= 0.3 is 6.03 Å². The Morgan fingerprint density at radius 3 is 2.39 bits per heavy atom. The fraction of sp³-hybridized carbons (Fsp3) is 0.680. The van der Waals surface area contributed by atoms with Gasteiger partial charge in [0.25, 0.3) is 0 Å². The maximum absolute atomic E-state index is 13.3. The van der Waals surface area contributed by atoms with Gasteiger partial charge in [0.1, 0.15) is 11.9 Å². The number of anilines is 1. The Morgan fingerprint density at radius 2 is 1.70 bits per heavy atom. The summed E-state index contributed by atoms with van der Waals surface area (Å²) < 4.78 is 6.02. The predicted molar refractivity (Wildman–Crippen MR) is 130 cm³/mol. The van der Waals surface area contributed by atoms with Gasteiger partial charge in [-0.25, -0.2) is 4.79 Å². The number of hydrogen-bond donors (Lipinski definition) is 1. The second-order valence-corrected chi connectivity index (χ2v) is 9.34. The molecule has 0 bridgehead atoms. The number of piperidine rings is 1. The van der Waals surface area contributed by atoms with Crippen LogP contribution in [0.5, 0.6) is 5.75 Å². The highest BCUT2D eigenvalue weighted by Gasteiger charge is 2.34. The van der Waals surface area contributed by atoms with Gasteiger partial charge in [0.2, 0.25) is 5.91 Å². The predicted octanol–water partition coefficient (Wildman–Crippen LogP) is 2.25. The van der Waals surface area contributed by atoms with Gasteiger partial charge in [-0.2, -0.15) is 0 Å². The van der Waals surface area contributed by atoms with Crippen molar-refractivity contribution in [1.29, 1.82) is 0 Å². The Kier molecular flexibility index (Phi) is 8.09. The number of fused-ring (bicyclic) bond motifs is 1. The molecule has 33 heavy (non-hydrogen) atoms. The molecule has 3 amide bonds. The van der Waals surface area contributed by atoms with Crippen LogP contribution in [-0.4, -0.2) is 98.2 Å². The largest absolute Gasteiger partial charge is 0.486 e. The molecule has 0 aliphatic carbocycles. The van der Waals surface area contributed by atoms with Crippen molar-refractivity contribution in [3.8, 4) is 5.75 Å². The van der Waals surface area contributed by atoms with Crippen LogP contribution in [0.2, 0.25) is 0 Å². The van der Waals surface area contributed by atoms with E-state index in [-0.39, 0.29) is 24.0 Å². The minimum absolute atomic E-state index is 0.00801. The number of hydrogen-bond acceptors (Lipinski definition) is 5. The molecule has 1 atom stereocenters. The minimum Gasteiger partial charge on any atom is -0.486 e. The van der Waals surface area contributed by atoms with Crippen LogP contribution in [0, 0.1) is 5.92 Å². The van der Waals surface area contributed by atoms with Crippen molar-refractivity contribution in [2.24, 2.45) is 5.92 Å². The second-order valence-electron chi connectivity index (χ2n) is 9.34. The van der Waals surface area contributed by atoms with Crippen molar-refractivity contribution < 1.29 is 14.3 Å². The number of likely N-dealkylation sites (N-methyl/N-ethyl adjacent to an activating group) is 1. The van der Waals surface area contributed by atoms with Crippen LogP contribution >= 0.6 is 0 Å². The molecule has 0 aromatic heterocycles. The number of ether oxygens (including phenoxy) is 1. The summed E-state index contributed by atoms with van der Waals surface area (Å²) in [5, 5.41) is 3.13. The zero-order valence-electron chi connectivity index (χ0n) is 20.2. The molecular formula is C25H39N5O3. The monoisotopic (exact) mass is 457 g/mol. The first-order chi connectivity index (χ1) is 16.1. The molecule has 8 heteroatoms. The lowest BCUT2D eigenvalue weighted by atomic mass is 9.96. The van der Waals surface area contributed by atoms with Gasteiger partial charge in [-0.1, -0.05) is 26.0 Å². The van der Waals surface area contributed by atoms with Crippen molar-refractivity contribution in [2.75, 3.05) is 70.3 Å². The molecule has 4 rings (SSSR count). The average Bonchev–Trinajstić information content (AvgIpc) is 2.88. The number of rotatable bonds is 6. The summed E-state index contributed by atoms with van der Waals surface area (Å²) in [6.07, 6.45) is 2.30. The molecule has 8 nitrogen and oxygen atoms in total. The number of benzene rings is 1. The van der Waals surface area contributed by atoms with Gasteiger partial charge < -0.3 is 19.9 Å². The van der Waals surface area contributed by atoms with E-state index >= 15 is 0 Å². The van der Waals surface area contributed by atoms with Crippen LogP contribution in [0.3, 0.4) is 0 Å². The number of para-hydroxylation sites is 2. The summed E-state index contributed by atoms with van der Waals surface area (Å²) in [4.78, 5) is 34.7. The van der Waals surface area contributed by atoms with Gasteiger partial charge in [0.15, 0.2) is 0 Å². The molecule has 1 unspecified atom stereocenters. The van der Waals surface area contributed by atoms with E-state index in [4.69, 9.17) is 4.74 Å². The van der Waals surface area contributed by atoms with Crippen molar-refractivity contribution in [3.05, 3.63) is 24.3 Å². The summed E-state index contributed by atoms with van der Waals surface area (Å²) >= 11 is 0. The maximum Gasteiger partial charge on any atom is 0.324 e. The van der Waals surface area contributed by atoms with Crippen LogP contribution in [0.15, 0.2) is 24.3 Å². The standard InChI is InChI=1S/C25H39N5O3/c1-3-21-19-30(22-7-5-6-8-23(22)33-21)25(32)29-12-9-20(10-13-29)24(31)26-11-14-28-17-15-27(4-2)16-18-28/h5-8,20-21H,3-4,9-19H2,1-2H3,(H,26,31). The highest BCUT2D eigenvalue weighted by atomic mass is 16.5. The molecule has 1 aromatic rings. The number of carbonyl (C=O) groups is 2. The lowest BCUT2D eigenvalue weighted by Gasteiger charge is -2.39. The third kappa shape index (κ3) is 5.79. The Morgan fingerprint density at radius 1 is 1.00 bits per heavy atom. The Labute approximate surface area is 197 Å². The lowest BCUT2D eigenvalue weighted by Crippen LogP contribution is -2.52. The number of nitrogens with zero attached hydrogens (tertiary/aromatic N) is 4. The summed E-state index contributed by atoms with van der Waals surface area (Å²) in [6, 6.07) is 7.78. The molecule has 3 aliphatic heterocycles. The second kappa shape index (κ2) is 11.2. The smallest absolute Gasteiger partial charge is 0.324 e. The molecule has 2 fully saturated rings. The molecule has 1 N–H and O–H groups in total. The molecule has 2 saturated heterocycles. The van der Waals surface area contributed by atoms with Crippen molar-refractivity contribution in [1.82, 2.24) is 20.0 Å². The fourth-order valence-corrected chi connectivity index (χ4v) is 5.01. The molecule has 3 heterocycles. The number of likely N-dealkylation sites (tertiary alicyclic amines) is 1. The Bertz CT molecular complexity index is 803. The SMILES string of the molecule is CCC1CN(C(=O)N2CCC(C(=O)NCCN3CCN(CC)CC3)CC2)c2ccccc2O1. The van der Waals surface area contributed by atoms with E-state index in [1.54, 1.807) is 0 Å². The summed E-state index contributed by atoms with van der Waals surface area (Å²) in [6.45, 7) is 13.2. The van der Waals surface area contributed by atoms with Gasteiger partial charge in [-0.3, -0.25) is 14.6 Å². The molecule has 0 saturated carbocycles. The van der Waals surface area contributed by atoms with E-state index in [9.17, 15) is 9.59 Å². The van der Waals surface area contributed by atoms with Gasteiger partial charge in [0, 0.05) is 58.3 Å². The number of amides is 3. The highest BCUT2D eigenvalue weighted by Crippen LogP contribution is 2.35. The molecule has 0 spiro atoms. The number of urea groups is 1. The van der Waals surface area contributed by atoms with E-state index in [1.165, 1.54) is 0 Å². The zero-order chi connectivity index (χ0) is 23.2. The topological polar surface area (TPSA) is 68.4 Å². The van der Waals surface area contributed by atoms with Gasteiger partial charge in [-0.05, 0) is 37.9 Å². The zero-order valence-corrected chi connectivity index (χ0v) is 20.2. The number of nitrogens with one attached hydrogen (secondary N) is 1. The molecule has 0 radical (unpaired) electrons. The first-order valence-corrected chi connectivity index (χ1v) is 12.6. The van der Waals surface area contributed by atoms with E-state index in [0.717, 1.165) is 70.0 Å². The van der Waals surface area contributed by atoms with E-state index in [0.29, 0.717) is 26.2 Å². The normalized spacial score (nSPS) is 22.5. The van der Waals surface area contributed by atoms with Crippen LogP contribution in [0.25, 0.3) is 0 Å². The van der Waals surface area contributed by atoms with E-state index < -0.39 is 0 Å². The van der Waals surface area contributed by atoms with Crippen molar-refractivity contribution >= 4 is 17.6 Å². The Hall–Kier alpha value is -2.32. The van der Waals surface area contributed by atoms with Crippen LogP contribution < -0.4 is 15.0 Å². The summed E-state index contributed by atoms with van der Waals surface area (Å²) in [7, 11) is 0. The molecule has 1 aromatic carbocycles. The first kappa shape index (κ1) is 23.8. The highest BCUT2D eigenvalue weighted by molar-refractivity contribution is 5.94. The number of carbonyl (C=O) groups excluding carboxylic acids is 2. The fourth-order valence-electron chi connectivity index (χ4n) is 5.01. The number of piperazine rings is 1. The molecule has 182 valence electrons. The molecule has 3 aliphatic rings. The summed E-state index contributed by atoms with van der Waals surface area (Å²) in [5.41, 5.74) is 0.840. The van der Waals surface area contributed by atoms with E-state index in [2.05, 4.69) is 29.0 Å². The lowest BCUT2D eigenvalue weighted by molar-refractivity contribution is -0.126. The summed E-state index contributed by atoms with van der Waals surface area (Å²) in [5.74, 6) is 0.901. The van der Waals surface area contributed by atoms with Crippen molar-refractivity contribution in [2.45, 2.75) is 39.2 Å². The first-order valence-electron chi connectivity index (χ1n) is 12.6. The van der Waals surface area contributed by atoms with E-state index in [1.807, 2.05) is 34.1 Å². The van der Waals surface area contributed by atoms with Gasteiger partial charge in [0.05, 0.1) is 12.2 Å². The Balaban J connectivity index is 1.22. The van der Waals surface area contributed by atoms with Crippen LogP contribution in [-0.2, 0) is 4.79 Å².